The largest absolute Gasteiger partial charge is 0.159 e. The van der Waals surface area contributed by atoms with Crippen molar-refractivity contribution in [2.75, 3.05) is 5.75 Å². The molecule has 2 atom stereocenters. The molecule has 1 fully saturated rings. The summed E-state index contributed by atoms with van der Waals surface area (Å²) in [6, 6.07) is 0. The van der Waals surface area contributed by atoms with Crippen LogP contribution in [0.2, 0.25) is 0 Å². The molecule has 0 heterocycles. The summed E-state index contributed by atoms with van der Waals surface area (Å²) in [5.41, 5.74) is 1.24. The molecule has 1 rings (SSSR count). The smallest absolute Gasteiger partial charge is 0.0553 e. The Bertz CT molecular complexity index is 144. The first-order valence-electron chi connectivity index (χ1n) is 4.17. The van der Waals surface area contributed by atoms with Crippen LogP contribution < -0.4 is 0 Å². The van der Waals surface area contributed by atoms with E-state index in [4.69, 9.17) is 11.6 Å². The molecule has 0 nitrogen and oxygen atoms in total. The number of rotatable bonds is 2. The third kappa shape index (κ3) is 2.72. The predicted molar refractivity (Wildman–Crippen MR) is 54.6 cm³/mol. The first-order valence-corrected chi connectivity index (χ1v) is 5.66. The van der Waals surface area contributed by atoms with E-state index in [9.17, 15) is 0 Å². The normalized spacial score (nSPS) is 32.4. The van der Waals surface area contributed by atoms with E-state index in [0.717, 1.165) is 18.1 Å². The Labute approximate surface area is 78.4 Å². The summed E-state index contributed by atoms with van der Waals surface area (Å²) in [4.78, 5) is 0. The second-order valence-corrected chi connectivity index (χ2v) is 5.08. The van der Waals surface area contributed by atoms with Crippen molar-refractivity contribution >= 4 is 23.4 Å². The number of halogens is 1. The van der Waals surface area contributed by atoms with E-state index in [1.807, 2.05) is 11.8 Å². The molecule has 11 heavy (non-hydrogen) atoms. The van der Waals surface area contributed by atoms with Crippen LogP contribution in [0, 0.1) is 0 Å². The Balaban J connectivity index is 2.33. The number of hydrogen-bond acceptors (Lipinski definition) is 1. The molecule has 0 N–H and O–H groups in total. The van der Waals surface area contributed by atoms with Crippen LogP contribution in [-0.4, -0.2) is 16.4 Å². The molecular weight excluding hydrogens is 176 g/mol. The van der Waals surface area contributed by atoms with Gasteiger partial charge < -0.3 is 0 Å². The second-order valence-electron chi connectivity index (χ2n) is 2.98. The van der Waals surface area contributed by atoms with Crippen molar-refractivity contribution in [3.63, 3.8) is 0 Å². The zero-order chi connectivity index (χ0) is 8.27. The lowest BCUT2D eigenvalue weighted by atomic mass is 9.95. The van der Waals surface area contributed by atoms with Gasteiger partial charge in [0, 0.05) is 5.25 Å². The molecule has 1 aliphatic carbocycles. The van der Waals surface area contributed by atoms with Gasteiger partial charge in [0.1, 0.15) is 0 Å². The third-order valence-electron chi connectivity index (χ3n) is 2.10. The first kappa shape index (κ1) is 9.47. The number of allylic oxidation sites excluding steroid dienone is 1. The minimum absolute atomic E-state index is 0.243. The lowest BCUT2D eigenvalue weighted by Crippen LogP contribution is -2.19. The van der Waals surface area contributed by atoms with Crippen molar-refractivity contribution in [1.82, 2.24) is 0 Å². The van der Waals surface area contributed by atoms with E-state index in [-0.39, 0.29) is 5.38 Å². The minimum atomic E-state index is 0.243. The van der Waals surface area contributed by atoms with Crippen molar-refractivity contribution < 1.29 is 0 Å². The summed E-state index contributed by atoms with van der Waals surface area (Å²) >= 11 is 8.12. The van der Waals surface area contributed by atoms with E-state index in [1.165, 1.54) is 17.7 Å². The van der Waals surface area contributed by atoms with Gasteiger partial charge >= 0.3 is 0 Å². The molecule has 0 aliphatic heterocycles. The minimum Gasteiger partial charge on any atom is -0.159 e. The van der Waals surface area contributed by atoms with Crippen molar-refractivity contribution in [2.24, 2.45) is 0 Å². The average Bonchev–Trinajstić information content (AvgIpc) is 1.98. The highest BCUT2D eigenvalue weighted by atomic mass is 35.5. The van der Waals surface area contributed by atoms with E-state index in [2.05, 4.69) is 13.5 Å². The van der Waals surface area contributed by atoms with Gasteiger partial charge in [-0.05, 0) is 25.0 Å². The van der Waals surface area contributed by atoms with Gasteiger partial charge in [-0.2, -0.15) is 11.8 Å². The van der Waals surface area contributed by atoms with Crippen molar-refractivity contribution in [2.45, 2.75) is 36.8 Å². The Morgan fingerprint density at radius 3 is 3.00 bits per heavy atom. The van der Waals surface area contributed by atoms with Crippen LogP contribution >= 0.6 is 23.4 Å². The molecule has 0 spiro atoms. The van der Waals surface area contributed by atoms with Crippen molar-refractivity contribution in [3.8, 4) is 0 Å². The number of hydrogen-bond donors (Lipinski definition) is 0. The van der Waals surface area contributed by atoms with E-state index in [0.29, 0.717) is 0 Å². The molecule has 64 valence electrons. The molecule has 2 heteroatoms. The molecule has 1 aliphatic rings. The highest BCUT2D eigenvalue weighted by Gasteiger charge is 2.22. The third-order valence-corrected chi connectivity index (χ3v) is 3.82. The van der Waals surface area contributed by atoms with Gasteiger partial charge in [-0.25, -0.2) is 0 Å². The quantitative estimate of drug-likeness (QED) is 0.475. The zero-order valence-corrected chi connectivity index (χ0v) is 8.55. The van der Waals surface area contributed by atoms with Gasteiger partial charge in [0.25, 0.3) is 0 Å². The molecule has 0 bridgehead atoms. The molecule has 0 aromatic heterocycles. The van der Waals surface area contributed by atoms with Crippen LogP contribution in [0.4, 0.5) is 0 Å². The summed E-state index contributed by atoms with van der Waals surface area (Å²) in [6.45, 7) is 6.15. The SMILES string of the molecule is C=C1CCC(SCC)CC1Cl. The average molecular weight is 191 g/mol. The molecule has 0 radical (unpaired) electrons. The molecule has 2 unspecified atom stereocenters. The molecule has 0 aromatic rings. The van der Waals surface area contributed by atoms with Crippen LogP contribution in [0.15, 0.2) is 12.2 Å². The first-order chi connectivity index (χ1) is 5.24. The van der Waals surface area contributed by atoms with Crippen LogP contribution in [0.1, 0.15) is 26.2 Å². The Hall–Kier alpha value is 0.380. The van der Waals surface area contributed by atoms with E-state index < -0.39 is 0 Å². The molecular formula is C9H15ClS. The van der Waals surface area contributed by atoms with Crippen LogP contribution in [0.25, 0.3) is 0 Å². The Morgan fingerprint density at radius 2 is 2.45 bits per heavy atom. The van der Waals surface area contributed by atoms with Crippen LogP contribution in [0.3, 0.4) is 0 Å². The lowest BCUT2D eigenvalue weighted by molar-refractivity contribution is 0.622. The van der Waals surface area contributed by atoms with Gasteiger partial charge in [-0.3, -0.25) is 0 Å². The van der Waals surface area contributed by atoms with Crippen molar-refractivity contribution in [3.05, 3.63) is 12.2 Å². The second kappa shape index (κ2) is 4.42. The number of thioether (sulfide) groups is 1. The molecule has 1 saturated carbocycles. The maximum atomic E-state index is 6.08. The molecule has 0 amide bonds. The van der Waals surface area contributed by atoms with Crippen molar-refractivity contribution in [1.29, 1.82) is 0 Å². The van der Waals surface area contributed by atoms with Gasteiger partial charge in [-0.1, -0.05) is 19.1 Å². The summed E-state index contributed by atoms with van der Waals surface area (Å²) in [5, 5.41) is 1.03. The highest BCUT2D eigenvalue weighted by molar-refractivity contribution is 7.99. The van der Waals surface area contributed by atoms with E-state index >= 15 is 0 Å². The maximum absolute atomic E-state index is 6.08. The summed E-state index contributed by atoms with van der Waals surface area (Å²) in [5.74, 6) is 1.21. The summed E-state index contributed by atoms with van der Waals surface area (Å²) in [7, 11) is 0. The van der Waals surface area contributed by atoms with E-state index in [1.54, 1.807) is 0 Å². The Kier molecular flexibility index (Phi) is 3.80. The van der Waals surface area contributed by atoms with Crippen LogP contribution in [-0.2, 0) is 0 Å². The maximum Gasteiger partial charge on any atom is 0.0553 e. The number of alkyl halides is 1. The molecule has 0 aromatic carbocycles. The van der Waals surface area contributed by atoms with Gasteiger partial charge in [0.2, 0.25) is 0 Å². The monoisotopic (exact) mass is 190 g/mol. The highest BCUT2D eigenvalue weighted by Crippen LogP contribution is 2.33. The van der Waals surface area contributed by atoms with Gasteiger partial charge in [0.05, 0.1) is 5.38 Å². The predicted octanol–water partition coefficient (Wildman–Crippen LogP) is 3.46. The fourth-order valence-electron chi connectivity index (χ4n) is 1.41. The van der Waals surface area contributed by atoms with Gasteiger partial charge in [-0.15, -0.1) is 11.6 Å². The van der Waals surface area contributed by atoms with Gasteiger partial charge in [0.15, 0.2) is 0 Å². The topological polar surface area (TPSA) is 0 Å². The fourth-order valence-corrected chi connectivity index (χ4v) is 2.92. The Morgan fingerprint density at radius 1 is 1.73 bits per heavy atom. The summed E-state index contributed by atoms with van der Waals surface area (Å²) in [6.07, 6.45) is 3.53. The van der Waals surface area contributed by atoms with Crippen LogP contribution in [0.5, 0.6) is 0 Å². The molecule has 0 saturated heterocycles. The standard InChI is InChI=1S/C9H15ClS/c1-3-11-8-5-4-7(2)9(10)6-8/h8-9H,2-6H2,1H3. The summed E-state index contributed by atoms with van der Waals surface area (Å²) < 4.78 is 0. The lowest BCUT2D eigenvalue weighted by Gasteiger charge is -2.26. The zero-order valence-electron chi connectivity index (χ0n) is 6.98. The fraction of sp³-hybridized carbons (Fsp3) is 0.778.